The van der Waals surface area contributed by atoms with Crippen molar-refractivity contribution in [2.24, 2.45) is 0 Å². The van der Waals surface area contributed by atoms with Crippen molar-refractivity contribution >= 4 is 23.4 Å². The van der Waals surface area contributed by atoms with Gasteiger partial charge in [-0.1, -0.05) is 35.9 Å². The lowest BCUT2D eigenvalue weighted by atomic mass is 10.2. The molecule has 1 fully saturated rings. The average Bonchev–Trinajstić information content (AvgIpc) is 2.64. The molecule has 24 heavy (non-hydrogen) atoms. The third kappa shape index (κ3) is 4.12. The number of anilines is 1. The predicted molar refractivity (Wildman–Crippen MR) is 102 cm³/mol. The van der Waals surface area contributed by atoms with Gasteiger partial charge < -0.3 is 9.80 Å². The molecule has 1 amide bonds. The summed E-state index contributed by atoms with van der Waals surface area (Å²) in [6.45, 7) is 7.49. The number of amides is 1. The molecular formula is C20H24N2OS. The van der Waals surface area contributed by atoms with E-state index < -0.39 is 0 Å². The lowest BCUT2D eigenvalue weighted by Crippen LogP contribution is -2.50. The van der Waals surface area contributed by atoms with Crippen LogP contribution < -0.4 is 4.90 Å². The molecule has 2 aromatic rings. The Hall–Kier alpha value is -1.94. The van der Waals surface area contributed by atoms with Crippen LogP contribution in [0.2, 0.25) is 0 Å². The number of nitrogens with zero attached hydrogens (tertiary/aromatic N) is 2. The maximum atomic E-state index is 12.7. The Kier molecular flexibility index (Phi) is 5.46. The van der Waals surface area contributed by atoms with Crippen molar-refractivity contribution in [2.45, 2.75) is 24.0 Å². The number of hydrogen-bond donors (Lipinski definition) is 0. The summed E-state index contributed by atoms with van der Waals surface area (Å²) < 4.78 is 0. The number of carbonyl (C=O) groups is 1. The van der Waals surface area contributed by atoms with Crippen LogP contribution in [-0.2, 0) is 4.79 Å². The second-order valence-corrected chi connectivity index (χ2v) is 7.64. The number of rotatable bonds is 4. The molecular weight excluding hydrogens is 316 g/mol. The Balaban J connectivity index is 1.53. The minimum atomic E-state index is -0.0454. The number of thioether (sulfide) groups is 1. The molecule has 4 heteroatoms. The van der Waals surface area contributed by atoms with E-state index in [2.05, 4.69) is 60.4 Å². The minimum Gasteiger partial charge on any atom is -0.368 e. The topological polar surface area (TPSA) is 23.6 Å². The van der Waals surface area contributed by atoms with Gasteiger partial charge in [0.25, 0.3) is 0 Å². The van der Waals surface area contributed by atoms with Crippen molar-refractivity contribution in [1.82, 2.24) is 4.90 Å². The van der Waals surface area contributed by atoms with E-state index in [1.54, 1.807) is 11.8 Å². The van der Waals surface area contributed by atoms with Gasteiger partial charge in [0.05, 0.1) is 5.25 Å². The van der Waals surface area contributed by atoms with Gasteiger partial charge in [0, 0.05) is 36.8 Å². The molecule has 0 aromatic heterocycles. The van der Waals surface area contributed by atoms with Gasteiger partial charge in [-0.05, 0) is 38.1 Å². The van der Waals surface area contributed by atoms with Crippen molar-refractivity contribution in [3.05, 3.63) is 60.2 Å². The molecule has 2 aromatic carbocycles. The summed E-state index contributed by atoms with van der Waals surface area (Å²) in [4.78, 5) is 18.2. The molecule has 0 aliphatic carbocycles. The van der Waals surface area contributed by atoms with Crippen molar-refractivity contribution in [3.8, 4) is 0 Å². The van der Waals surface area contributed by atoms with Gasteiger partial charge in [0.2, 0.25) is 5.91 Å². The van der Waals surface area contributed by atoms with Gasteiger partial charge in [-0.2, -0.15) is 0 Å². The SMILES string of the molecule is Cc1ccc(S[C@H](C)C(=O)N2CCN(c3ccccc3)CC2)cc1. The highest BCUT2D eigenvalue weighted by molar-refractivity contribution is 8.00. The van der Waals surface area contributed by atoms with Crippen LogP contribution >= 0.6 is 11.8 Å². The molecule has 126 valence electrons. The first-order valence-electron chi connectivity index (χ1n) is 8.45. The lowest BCUT2D eigenvalue weighted by Gasteiger charge is -2.37. The van der Waals surface area contributed by atoms with E-state index in [0.29, 0.717) is 0 Å². The van der Waals surface area contributed by atoms with E-state index in [9.17, 15) is 4.79 Å². The van der Waals surface area contributed by atoms with Crippen molar-refractivity contribution < 1.29 is 4.79 Å². The number of aryl methyl sites for hydroxylation is 1. The van der Waals surface area contributed by atoms with Crippen LogP contribution in [-0.4, -0.2) is 42.2 Å². The minimum absolute atomic E-state index is 0.0454. The summed E-state index contributed by atoms with van der Waals surface area (Å²) in [5.41, 5.74) is 2.49. The Labute approximate surface area is 148 Å². The quantitative estimate of drug-likeness (QED) is 0.791. The second kappa shape index (κ2) is 7.75. The molecule has 0 N–H and O–H groups in total. The zero-order chi connectivity index (χ0) is 16.9. The van der Waals surface area contributed by atoms with Crippen LogP contribution in [0.3, 0.4) is 0 Å². The second-order valence-electron chi connectivity index (χ2n) is 6.22. The molecule has 0 radical (unpaired) electrons. The fourth-order valence-corrected chi connectivity index (χ4v) is 3.90. The summed E-state index contributed by atoms with van der Waals surface area (Å²) in [5, 5.41) is -0.0454. The number of benzene rings is 2. The van der Waals surface area contributed by atoms with Crippen LogP contribution in [0.5, 0.6) is 0 Å². The molecule has 1 aliphatic heterocycles. The van der Waals surface area contributed by atoms with Crippen LogP contribution in [0.25, 0.3) is 0 Å². The maximum Gasteiger partial charge on any atom is 0.235 e. The normalized spacial score (nSPS) is 16.1. The maximum absolute atomic E-state index is 12.7. The van der Waals surface area contributed by atoms with Crippen molar-refractivity contribution in [2.75, 3.05) is 31.1 Å². The van der Waals surface area contributed by atoms with E-state index in [4.69, 9.17) is 0 Å². The number of piperazine rings is 1. The Bertz CT molecular complexity index is 664. The Morgan fingerprint density at radius 3 is 2.21 bits per heavy atom. The number of hydrogen-bond acceptors (Lipinski definition) is 3. The van der Waals surface area contributed by atoms with E-state index in [1.807, 2.05) is 17.9 Å². The van der Waals surface area contributed by atoms with Crippen molar-refractivity contribution in [3.63, 3.8) is 0 Å². The number of carbonyl (C=O) groups excluding carboxylic acids is 1. The first-order valence-corrected chi connectivity index (χ1v) is 9.33. The van der Waals surface area contributed by atoms with Crippen molar-refractivity contribution in [1.29, 1.82) is 0 Å². The van der Waals surface area contributed by atoms with E-state index in [0.717, 1.165) is 31.1 Å². The smallest absolute Gasteiger partial charge is 0.235 e. The summed E-state index contributed by atoms with van der Waals surface area (Å²) in [5.74, 6) is 0.244. The third-order valence-corrected chi connectivity index (χ3v) is 5.49. The standard InChI is InChI=1S/C20H24N2OS/c1-16-8-10-19(11-9-16)24-17(2)20(23)22-14-12-21(13-15-22)18-6-4-3-5-7-18/h3-11,17H,12-15H2,1-2H3/t17-/m1/s1. The summed E-state index contributed by atoms with van der Waals surface area (Å²) in [7, 11) is 0. The highest BCUT2D eigenvalue weighted by Gasteiger charge is 2.25. The fraction of sp³-hybridized carbons (Fsp3) is 0.350. The van der Waals surface area contributed by atoms with Gasteiger partial charge in [-0.3, -0.25) is 4.79 Å². The fourth-order valence-electron chi connectivity index (χ4n) is 2.95. The van der Waals surface area contributed by atoms with Crippen LogP contribution in [0.1, 0.15) is 12.5 Å². The van der Waals surface area contributed by atoms with E-state index in [1.165, 1.54) is 11.3 Å². The highest BCUT2D eigenvalue weighted by atomic mass is 32.2. The summed E-state index contributed by atoms with van der Waals surface area (Å²) >= 11 is 1.65. The zero-order valence-electron chi connectivity index (χ0n) is 14.3. The summed E-state index contributed by atoms with van der Waals surface area (Å²) in [6.07, 6.45) is 0. The largest absolute Gasteiger partial charge is 0.368 e. The Morgan fingerprint density at radius 2 is 1.58 bits per heavy atom. The summed E-state index contributed by atoms with van der Waals surface area (Å²) in [6, 6.07) is 18.8. The van der Waals surface area contributed by atoms with Crippen LogP contribution in [0, 0.1) is 6.92 Å². The van der Waals surface area contributed by atoms with Crippen LogP contribution in [0.15, 0.2) is 59.5 Å². The Morgan fingerprint density at radius 1 is 0.958 bits per heavy atom. The predicted octanol–water partition coefficient (Wildman–Crippen LogP) is 3.82. The third-order valence-electron chi connectivity index (χ3n) is 4.39. The molecule has 0 unspecified atom stereocenters. The molecule has 0 spiro atoms. The monoisotopic (exact) mass is 340 g/mol. The molecule has 3 nitrogen and oxygen atoms in total. The zero-order valence-corrected chi connectivity index (χ0v) is 15.1. The van der Waals surface area contributed by atoms with Gasteiger partial charge in [-0.15, -0.1) is 11.8 Å². The molecule has 0 saturated carbocycles. The lowest BCUT2D eigenvalue weighted by molar-refractivity contribution is -0.130. The molecule has 1 aliphatic rings. The van der Waals surface area contributed by atoms with Gasteiger partial charge >= 0.3 is 0 Å². The van der Waals surface area contributed by atoms with E-state index in [-0.39, 0.29) is 11.2 Å². The molecule has 1 atom stereocenters. The van der Waals surface area contributed by atoms with Gasteiger partial charge in [0.15, 0.2) is 0 Å². The molecule has 1 saturated heterocycles. The molecule has 1 heterocycles. The number of para-hydroxylation sites is 1. The van der Waals surface area contributed by atoms with Gasteiger partial charge in [-0.25, -0.2) is 0 Å². The molecule has 3 rings (SSSR count). The average molecular weight is 340 g/mol. The molecule has 0 bridgehead atoms. The van der Waals surface area contributed by atoms with Crippen LogP contribution in [0.4, 0.5) is 5.69 Å². The first kappa shape index (κ1) is 16.9. The van der Waals surface area contributed by atoms with Gasteiger partial charge in [0.1, 0.15) is 0 Å². The van der Waals surface area contributed by atoms with E-state index >= 15 is 0 Å². The highest BCUT2D eigenvalue weighted by Crippen LogP contribution is 2.25. The first-order chi connectivity index (χ1) is 11.6.